The van der Waals surface area contributed by atoms with Crippen LogP contribution in [0.5, 0.6) is 0 Å². The van der Waals surface area contributed by atoms with E-state index < -0.39 is 11.9 Å². The summed E-state index contributed by atoms with van der Waals surface area (Å²) >= 11 is 7.04. The van der Waals surface area contributed by atoms with Crippen LogP contribution in [-0.4, -0.2) is 28.6 Å². The van der Waals surface area contributed by atoms with E-state index >= 15 is 0 Å². The maximum absolute atomic E-state index is 12.6. The van der Waals surface area contributed by atoms with Crippen LogP contribution in [0, 0.1) is 0 Å². The van der Waals surface area contributed by atoms with Gasteiger partial charge in [0.25, 0.3) is 5.91 Å². The lowest BCUT2D eigenvalue weighted by Gasteiger charge is -2.03. The number of aliphatic hydroxyl groups is 1. The number of benzene rings is 2. The molecule has 0 saturated carbocycles. The van der Waals surface area contributed by atoms with E-state index in [2.05, 4.69) is 4.99 Å². The van der Waals surface area contributed by atoms with Crippen LogP contribution in [0.15, 0.2) is 92.4 Å². The Labute approximate surface area is 199 Å². The molecule has 1 aliphatic rings. The first-order valence-electron chi connectivity index (χ1n) is 10.0. The van der Waals surface area contributed by atoms with Gasteiger partial charge in [-0.25, -0.2) is 9.79 Å². The van der Waals surface area contributed by atoms with Gasteiger partial charge in [-0.05, 0) is 49.4 Å². The third-order valence-corrected chi connectivity index (χ3v) is 5.86. The average Bonchev–Trinajstić information content (AvgIpc) is 3.39. The number of amides is 1. The van der Waals surface area contributed by atoms with E-state index in [0.29, 0.717) is 27.0 Å². The molecule has 2 aromatic carbocycles. The lowest BCUT2D eigenvalue weighted by molar-refractivity contribution is -0.138. The molecule has 8 heteroatoms. The number of nitrogens with zero attached hydrogens (tertiary/aromatic N) is 1. The highest BCUT2D eigenvalue weighted by Crippen LogP contribution is 2.40. The van der Waals surface area contributed by atoms with Crippen molar-refractivity contribution in [1.29, 1.82) is 0 Å². The lowest BCUT2D eigenvalue weighted by Crippen LogP contribution is -2.14. The number of thioether (sulfide) groups is 1. The molecular formula is C25H18ClNO5S. The van der Waals surface area contributed by atoms with E-state index in [-0.39, 0.29) is 23.0 Å². The molecule has 1 amide bonds. The largest absolute Gasteiger partial charge is 0.506 e. The molecule has 0 radical (unpaired) electrons. The van der Waals surface area contributed by atoms with Crippen molar-refractivity contribution in [2.45, 2.75) is 6.92 Å². The van der Waals surface area contributed by atoms with Gasteiger partial charge in [-0.2, -0.15) is 0 Å². The van der Waals surface area contributed by atoms with Crippen LogP contribution in [0.25, 0.3) is 17.4 Å². The Morgan fingerprint density at radius 1 is 1.12 bits per heavy atom. The van der Waals surface area contributed by atoms with Crippen LogP contribution in [0.4, 0.5) is 0 Å². The van der Waals surface area contributed by atoms with Crippen molar-refractivity contribution >= 4 is 46.4 Å². The van der Waals surface area contributed by atoms with E-state index in [4.69, 9.17) is 20.8 Å². The number of carbonyl (C=O) groups excluding carboxylic acids is 2. The highest BCUT2D eigenvalue weighted by atomic mass is 35.5. The van der Waals surface area contributed by atoms with E-state index in [1.165, 1.54) is 0 Å². The van der Waals surface area contributed by atoms with Crippen molar-refractivity contribution in [2.24, 2.45) is 4.99 Å². The molecule has 0 aliphatic carbocycles. The Hall–Kier alpha value is -3.55. The predicted octanol–water partition coefficient (Wildman–Crippen LogP) is 6.30. The Morgan fingerprint density at radius 3 is 2.64 bits per heavy atom. The number of hydrogen-bond acceptors (Lipinski definition) is 6. The average molecular weight is 480 g/mol. The Balaban J connectivity index is 1.68. The number of carbonyl (C=O) groups is 2. The fourth-order valence-corrected chi connectivity index (χ4v) is 4.27. The van der Waals surface area contributed by atoms with Crippen LogP contribution in [-0.2, 0) is 9.53 Å². The number of aliphatic hydroxyl groups excluding tert-OH is 1. The van der Waals surface area contributed by atoms with E-state index in [1.807, 2.05) is 12.1 Å². The second-order valence-electron chi connectivity index (χ2n) is 6.86. The van der Waals surface area contributed by atoms with Crippen LogP contribution >= 0.6 is 23.4 Å². The molecular weight excluding hydrogens is 462 g/mol. The molecule has 0 fully saturated rings. The first kappa shape index (κ1) is 22.6. The first-order chi connectivity index (χ1) is 16.0. The fraction of sp³-hybridized carbons (Fsp3) is 0.0800. The molecule has 2 heterocycles. The van der Waals surface area contributed by atoms with Crippen molar-refractivity contribution in [3.8, 4) is 11.3 Å². The molecule has 1 N–H and O–H groups in total. The van der Waals surface area contributed by atoms with Gasteiger partial charge in [0.15, 0.2) is 0 Å². The SMILES string of the molecule is CCOC(=O)C1=C(O)/C(=C/c2ccc(-c3cccc(Cl)c3)o2)SC1=NC(=O)c1ccccc1. The van der Waals surface area contributed by atoms with Crippen molar-refractivity contribution in [3.63, 3.8) is 0 Å². The molecule has 33 heavy (non-hydrogen) atoms. The topological polar surface area (TPSA) is 89.1 Å². The lowest BCUT2D eigenvalue weighted by atomic mass is 10.2. The number of halogens is 1. The number of hydrogen-bond donors (Lipinski definition) is 1. The number of ether oxygens (including phenoxy) is 1. The van der Waals surface area contributed by atoms with Gasteiger partial charge in [-0.3, -0.25) is 4.79 Å². The molecule has 3 aromatic rings. The van der Waals surface area contributed by atoms with E-state index in [1.54, 1.807) is 67.6 Å². The van der Waals surface area contributed by atoms with Crippen molar-refractivity contribution in [1.82, 2.24) is 0 Å². The molecule has 0 unspecified atom stereocenters. The summed E-state index contributed by atoms with van der Waals surface area (Å²) in [7, 11) is 0. The van der Waals surface area contributed by atoms with Gasteiger partial charge in [-0.15, -0.1) is 0 Å². The molecule has 1 aliphatic heterocycles. The normalized spacial score (nSPS) is 15.9. The molecule has 6 nitrogen and oxygen atoms in total. The summed E-state index contributed by atoms with van der Waals surface area (Å²) < 4.78 is 10.9. The molecule has 1 aromatic heterocycles. The fourth-order valence-electron chi connectivity index (χ4n) is 3.09. The van der Waals surface area contributed by atoms with E-state index in [0.717, 1.165) is 17.3 Å². The first-order valence-corrected chi connectivity index (χ1v) is 11.2. The van der Waals surface area contributed by atoms with Gasteiger partial charge in [-0.1, -0.05) is 53.7 Å². The zero-order valence-corrected chi connectivity index (χ0v) is 19.0. The number of rotatable bonds is 5. The van der Waals surface area contributed by atoms with Crippen LogP contribution in [0.3, 0.4) is 0 Å². The van der Waals surface area contributed by atoms with Crippen molar-refractivity contribution < 1.29 is 23.8 Å². The maximum atomic E-state index is 12.6. The van der Waals surface area contributed by atoms with Crippen LogP contribution < -0.4 is 0 Å². The summed E-state index contributed by atoms with van der Waals surface area (Å²) in [6.45, 7) is 1.76. The maximum Gasteiger partial charge on any atom is 0.344 e. The van der Waals surface area contributed by atoms with E-state index in [9.17, 15) is 14.7 Å². The smallest absolute Gasteiger partial charge is 0.344 e. The second kappa shape index (κ2) is 9.94. The molecule has 0 atom stereocenters. The molecule has 0 saturated heterocycles. The standard InChI is InChI=1S/C25H18ClNO5S/c1-2-31-25(30)21-22(28)20(33-24(21)27-23(29)15-7-4-3-5-8-15)14-18-11-12-19(32-18)16-9-6-10-17(26)13-16/h3-14,28H,2H2,1H3/b20-14-,27-24?. The summed E-state index contributed by atoms with van der Waals surface area (Å²) in [5.41, 5.74) is 1.01. The van der Waals surface area contributed by atoms with Crippen molar-refractivity contribution in [3.05, 3.63) is 99.3 Å². The Bertz CT molecular complexity index is 1310. The highest BCUT2D eigenvalue weighted by molar-refractivity contribution is 8.18. The second-order valence-corrected chi connectivity index (χ2v) is 8.32. The number of esters is 1. The zero-order chi connectivity index (χ0) is 23.4. The summed E-state index contributed by atoms with van der Waals surface area (Å²) in [5, 5.41) is 11.4. The van der Waals surface area contributed by atoms with Gasteiger partial charge in [0, 0.05) is 16.1 Å². The van der Waals surface area contributed by atoms with Gasteiger partial charge in [0.1, 0.15) is 27.9 Å². The monoisotopic (exact) mass is 479 g/mol. The molecule has 4 rings (SSSR count). The summed E-state index contributed by atoms with van der Waals surface area (Å²) in [6, 6.07) is 19.2. The van der Waals surface area contributed by atoms with Crippen LogP contribution in [0.1, 0.15) is 23.0 Å². The molecule has 0 bridgehead atoms. The third-order valence-electron chi connectivity index (χ3n) is 4.60. The summed E-state index contributed by atoms with van der Waals surface area (Å²) in [5.74, 6) is -0.578. The van der Waals surface area contributed by atoms with Gasteiger partial charge < -0.3 is 14.3 Å². The van der Waals surface area contributed by atoms with Gasteiger partial charge in [0.05, 0.1) is 11.5 Å². The highest BCUT2D eigenvalue weighted by Gasteiger charge is 2.34. The summed E-state index contributed by atoms with van der Waals surface area (Å²) in [6.07, 6.45) is 1.57. The number of furan rings is 1. The van der Waals surface area contributed by atoms with Crippen LogP contribution in [0.2, 0.25) is 5.02 Å². The quantitative estimate of drug-likeness (QED) is 0.432. The van der Waals surface area contributed by atoms with Crippen molar-refractivity contribution in [2.75, 3.05) is 6.61 Å². The van der Waals surface area contributed by atoms with Gasteiger partial charge >= 0.3 is 5.97 Å². The Morgan fingerprint density at radius 2 is 1.91 bits per heavy atom. The molecule has 166 valence electrons. The minimum Gasteiger partial charge on any atom is -0.506 e. The molecule has 0 spiro atoms. The predicted molar refractivity (Wildman–Crippen MR) is 129 cm³/mol. The number of aliphatic imine (C=N–C) groups is 1. The van der Waals surface area contributed by atoms with Gasteiger partial charge in [0.2, 0.25) is 0 Å². The Kier molecular flexibility index (Phi) is 6.82. The summed E-state index contributed by atoms with van der Waals surface area (Å²) in [4.78, 5) is 29.5. The minimum absolute atomic E-state index is 0.0627. The third kappa shape index (κ3) is 5.10. The minimum atomic E-state index is -0.760. The zero-order valence-electron chi connectivity index (χ0n) is 17.4.